The van der Waals surface area contributed by atoms with Gasteiger partial charge in [0.2, 0.25) is 4.73 Å². The zero-order valence-electron chi connectivity index (χ0n) is 8.42. The van der Waals surface area contributed by atoms with E-state index in [4.69, 9.17) is 0 Å². The zero-order chi connectivity index (χ0) is 10.7. The molecule has 0 amide bonds. The highest BCUT2D eigenvalue weighted by Crippen LogP contribution is 2.17. The second-order valence-electron chi connectivity index (χ2n) is 3.87. The van der Waals surface area contributed by atoms with E-state index in [9.17, 15) is 0 Å². The van der Waals surface area contributed by atoms with Gasteiger partial charge in [0.25, 0.3) is 0 Å². The van der Waals surface area contributed by atoms with Crippen molar-refractivity contribution in [2.24, 2.45) is 5.92 Å². The molecule has 4 nitrogen and oxygen atoms in total. The SMILES string of the molecule is Brc1nc(Br)n(CCC2CCCNC2)n1. The first-order valence-electron chi connectivity index (χ1n) is 5.22. The van der Waals surface area contributed by atoms with Crippen LogP contribution in [0.3, 0.4) is 0 Å². The monoisotopic (exact) mass is 336 g/mol. The molecule has 0 spiro atoms. The van der Waals surface area contributed by atoms with Crippen molar-refractivity contribution < 1.29 is 0 Å². The van der Waals surface area contributed by atoms with Gasteiger partial charge >= 0.3 is 0 Å². The lowest BCUT2D eigenvalue weighted by molar-refractivity contribution is 0.334. The van der Waals surface area contributed by atoms with E-state index < -0.39 is 0 Å². The Hall–Kier alpha value is 0.0600. The lowest BCUT2D eigenvalue weighted by Gasteiger charge is -2.22. The summed E-state index contributed by atoms with van der Waals surface area (Å²) in [5, 5.41) is 7.67. The molecule has 1 N–H and O–H groups in total. The minimum atomic E-state index is 0.649. The summed E-state index contributed by atoms with van der Waals surface area (Å²) in [7, 11) is 0. The van der Waals surface area contributed by atoms with Gasteiger partial charge in [-0.05, 0) is 70.1 Å². The number of nitrogens with zero attached hydrogens (tertiary/aromatic N) is 3. The molecule has 1 atom stereocenters. The van der Waals surface area contributed by atoms with Crippen molar-refractivity contribution in [3.05, 3.63) is 9.47 Å². The van der Waals surface area contributed by atoms with Crippen LogP contribution in [-0.4, -0.2) is 27.9 Å². The van der Waals surface area contributed by atoms with Crippen molar-refractivity contribution in [2.45, 2.75) is 25.8 Å². The molecule has 1 aliphatic rings. The Kier molecular flexibility index (Phi) is 4.16. The van der Waals surface area contributed by atoms with Crippen molar-refractivity contribution in [3.63, 3.8) is 0 Å². The van der Waals surface area contributed by atoms with E-state index >= 15 is 0 Å². The van der Waals surface area contributed by atoms with E-state index in [1.807, 2.05) is 4.68 Å². The van der Waals surface area contributed by atoms with E-state index in [0.717, 1.165) is 23.7 Å². The van der Waals surface area contributed by atoms with Crippen LogP contribution in [0.5, 0.6) is 0 Å². The van der Waals surface area contributed by atoms with Crippen LogP contribution in [0.1, 0.15) is 19.3 Å². The first kappa shape index (κ1) is 11.5. The predicted molar refractivity (Wildman–Crippen MR) is 65.6 cm³/mol. The molecule has 1 aromatic heterocycles. The topological polar surface area (TPSA) is 42.7 Å². The lowest BCUT2D eigenvalue weighted by atomic mass is 9.96. The zero-order valence-corrected chi connectivity index (χ0v) is 11.6. The fourth-order valence-corrected chi connectivity index (χ4v) is 2.94. The maximum absolute atomic E-state index is 4.25. The molecule has 1 aliphatic heterocycles. The summed E-state index contributed by atoms with van der Waals surface area (Å²) >= 11 is 6.65. The molecule has 1 saturated heterocycles. The average Bonchev–Trinajstić information content (AvgIpc) is 2.56. The molecule has 2 rings (SSSR count). The normalized spacial score (nSPS) is 21.9. The Balaban J connectivity index is 1.84. The first-order valence-corrected chi connectivity index (χ1v) is 6.81. The fraction of sp³-hybridized carbons (Fsp3) is 0.778. The van der Waals surface area contributed by atoms with Crippen molar-refractivity contribution >= 4 is 31.9 Å². The molecule has 0 radical (unpaired) electrons. The van der Waals surface area contributed by atoms with E-state index in [-0.39, 0.29) is 0 Å². The van der Waals surface area contributed by atoms with Crippen LogP contribution in [0.25, 0.3) is 0 Å². The summed E-state index contributed by atoms with van der Waals surface area (Å²) in [4.78, 5) is 4.14. The number of aryl methyl sites for hydroxylation is 1. The maximum atomic E-state index is 4.25. The Morgan fingerprint density at radius 2 is 2.33 bits per heavy atom. The molecule has 15 heavy (non-hydrogen) atoms. The van der Waals surface area contributed by atoms with Crippen molar-refractivity contribution in [1.82, 2.24) is 20.1 Å². The van der Waals surface area contributed by atoms with Gasteiger partial charge in [-0.25, -0.2) is 4.68 Å². The predicted octanol–water partition coefficient (Wildman–Crippen LogP) is 2.19. The van der Waals surface area contributed by atoms with Gasteiger partial charge in [-0.1, -0.05) is 0 Å². The summed E-state index contributed by atoms with van der Waals surface area (Å²) in [5.74, 6) is 0.786. The van der Waals surface area contributed by atoms with Crippen molar-refractivity contribution in [1.29, 1.82) is 0 Å². The largest absolute Gasteiger partial charge is 0.316 e. The Bertz CT molecular complexity index is 320. The van der Waals surface area contributed by atoms with E-state index in [1.165, 1.54) is 25.8 Å². The maximum Gasteiger partial charge on any atom is 0.218 e. The molecule has 1 fully saturated rings. The standard InChI is InChI=1S/C9H14Br2N4/c10-8-13-9(11)15(14-8)5-3-7-2-1-4-12-6-7/h7,12H,1-6H2. The van der Waals surface area contributed by atoms with Crippen LogP contribution in [0, 0.1) is 5.92 Å². The van der Waals surface area contributed by atoms with Gasteiger partial charge in [0.1, 0.15) is 0 Å². The third-order valence-corrected chi connectivity index (χ3v) is 3.67. The van der Waals surface area contributed by atoms with Gasteiger partial charge in [-0.3, -0.25) is 0 Å². The van der Waals surface area contributed by atoms with E-state index in [1.54, 1.807) is 0 Å². The number of hydrogen-bond acceptors (Lipinski definition) is 3. The minimum absolute atomic E-state index is 0.649. The quantitative estimate of drug-likeness (QED) is 0.919. The average molecular weight is 338 g/mol. The molecule has 6 heteroatoms. The molecule has 0 aromatic carbocycles. The lowest BCUT2D eigenvalue weighted by Crippen LogP contribution is -2.30. The van der Waals surface area contributed by atoms with Gasteiger partial charge in [0, 0.05) is 6.54 Å². The van der Waals surface area contributed by atoms with Gasteiger partial charge in [-0.2, -0.15) is 4.98 Å². The van der Waals surface area contributed by atoms with Gasteiger partial charge in [-0.15, -0.1) is 5.10 Å². The summed E-state index contributed by atoms with van der Waals surface area (Å²) in [6.45, 7) is 3.26. The molecule has 2 heterocycles. The van der Waals surface area contributed by atoms with Gasteiger partial charge in [0.15, 0.2) is 4.73 Å². The summed E-state index contributed by atoms with van der Waals surface area (Å²) < 4.78 is 3.35. The second-order valence-corrected chi connectivity index (χ2v) is 5.29. The van der Waals surface area contributed by atoms with Crippen LogP contribution in [0.2, 0.25) is 0 Å². The molecule has 84 valence electrons. The van der Waals surface area contributed by atoms with Crippen LogP contribution < -0.4 is 5.32 Å². The third kappa shape index (κ3) is 3.26. The summed E-state index contributed by atoms with van der Waals surface area (Å²) in [5.41, 5.74) is 0. The van der Waals surface area contributed by atoms with Crippen LogP contribution in [-0.2, 0) is 6.54 Å². The second kappa shape index (κ2) is 5.41. The molecule has 0 saturated carbocycles. The van der Waals surface area contributed by atoms with Gasteiger partial charge < -0.3 is 5.32 Å². The third-order valence-electron chi connectivity index (χ3n) is 2.75. The molecular weight excluding hydrogens is 324 g/mol. The number of nitrogens with one attached hydrogen (secondary N) is 1. The molecule has 0 bridgehead atoms. The number of hydrogen-bond donors (Lipinski definition) is 1. The van der Waals surface area contributed by atoms with Crippen LogP contribution in [0.15, 0.2) is 9.47 Å². The molecular formula is C9H14Br2N4. The molecule has 0 aliphatic carbocycles. The Labute approximate surface area is 106 Å². The van der Waals surface area contributed by atoms with E-state index in [0.29, 0.717) is 4.73 Å². The minimum Gasteiger partial charge on any atom is -0.316 e. The smallest absolute Gasteiger partial charge is 0.218 e. The highest BCUT2D eigenvalue weighted by Gasteiger charge is 2.14. The number of aromatic nitrogens is 3. The van der Waals surface area contributed by atoms with E-state index in [2.05, 4.69) is 47.3 Å². The molecule has 1 aromatic rings. The molecule has 1 unspecified atom stereocenters. The number of piperidine rings is 1. The summed E-state index contributed by atoms with van der Waals surface area (Å²) in [6, 6.07) is 0. The van der Waals surface area contributed by atoms with Crippen LogP contribution >= 0.6 is 31.9 Å². The Morgan fingerprint density at radius 3 is 2.93 bits per heavy atom. The van der Waals surface area contributed by atoms with Crippen molar-refractivity contribution in [2.75, 3.05) is 13.1 Å². The summed E-state index contributed by atoms with van der Waals surface area (Å²) in [6.07, 6.45) is 3.80. The fourth-order valence-electron chi connectivity index (χ4n) is 1.91. The number of rotatable bonds is 3. The van der Waals surface area contributed by atoms with Crippen molar-refractivity contribution in [3.8, 4) is 0 Å². The number of halogens is 2. The van der Waals surface area contributed by atoms with Crippen LogP contribution in [0.4, 0.5) is 0 Å². The highest BCUT2D eigenvalue weighted by atomic mass is 79.9. The van der Waals surface area contributed by atoms with Gasteiger partial charge in [0.05, 0.1) is 0 Å². The first-order chi connectivity index (χ1) is 7.25. The Morgan fingerprint density at radius 1 is 1.47 bits per heavy atom. The highest BCUT2D eigenvalue weighted by molar-refractivity contribution is 9.11.